The van der Waals surface area contributed by atoms with Gasteiger partial charge in [0.25, 0.3) is 10.0 Å². The van der Waals surface area contributed by atoms with E-state index >= 15 is 0 Å². The van der Waals surface area contributed by atoms with Gasteiger partial charge in [0.2, 0.25) is 0 Å². The Hall–Kier alpha value is -2.37. The summed E-state index contributed by atoms with van der Waals surface area (Å²) in [4.78, 5) is 0.0183. The third-order valence-corrected chi connectivity index (χ3v) is 5.87. The first-order valence-electron chi connectivity index (χ1n) is 7.55. The topological polar surface area (TPSA) is 37.4 Å². The summed E-state index contributed by atoms with van der Waals surface area (Å²) >= 11 is 6.20. The first-order chi connectivity index (χ1) is 12.0. The minimum Gasteiger partial charge on any atom is -0.262 e. The summed E-state index contributed by atoms with van der Waals surface area (Å²) in [5.74, 6) is -0.490. The minimum atomic E-state index is -3.88. The van der Waals surface area contributed by atoms with Gasteiger partial charge in [0, 0.05) is 5.02 Å². The summed E-state index contributed by atoms with van der Waals surface area (Å²) in [5.41, 5.74) is 1.19. The molecule has 0 aliphatic carbocycles. The van der Waals surface area contributed by atoms with E-state index in [1.54, 1.807) is 48.5 Å². The number of nitrogens with zero attached hydrogens (tertiary/aromatic N) is 1. The molecule has 0 bridgehead atoms. The zero-order valence-electron chi connectivity index (χ0n) is 13.1. The fourth-order valence-corrected chi connectivity index (χ4v) is 4.06. The number of hydrogen-bond donors (Lipinski definition) is 0. The van der Waals surface area contributed by atoms with Crippen LogP contribution in [0.5, 0.6) is 0 Å². The second-order valence-electron chi connectivity index (χ2n) is 5.39. The van der Waals surface area contributed by atoms with E-state index in [2.05, 4.69) is 0 Å². The van der Waals surface area contributed by atoms with Crippen molar-refractivity contribution >= 4 is 27.3 Å². The first kappa shape index (κ1) is 17.5. The van der Waals surface area contributed by atoms with Crippen molar-refractivity contribution in [3.8, 4) is 0 Å². The fourth-order valence-electron chi connectivity index (χ4n) is 2.42. The van der Waals surface area contributed by atoms with Gasteiger partial charge in [0.1, 0.15) is 5.82 Å². The van der Waals surface area contributed by atoms with Crippen LogP contribution >= 0.6 is 11.6 Å². The van der Waals surface area contributed by atoms with Crippen molar-refractivity contribution in [2.45, 2.75) is 11.4 Å². The normalized spacial score (nSPS) is 11.3. The number of sulfonamides is 1. The Kier molecular flexibility index (Phi) is 5.06. The molecular weight excluding hydrogens is 361 g/mol. The quantitative estimate of drug-likeness (QED) is 0.637. The molecule has 0 fully saturated rings. The van der Waals surface area contributed by atoms with Crippen LogP contribution < -0.4 is 4.31 Å². The molecule has 0 spiro atoms. The summed E-state index contributed by atoms with van der Waals surface area (Å²) in [5, 5.41) is 0.484. The Labute approximate surface area is 151 Å². The highest BCUT2D eigenvalue weighted by atomic mass is 35.5. The Morgan fingerprint density at radius 1 is 0.840 bits per heavy atom. The average molecular weight is 376 g/mol. The van der Waals surface area contributed by atoms with Crippen molar-refractivity contribution in [2.75, 3.05) is 4.31 Å². The van der Waals surface area contributed by atoms with E-state index in [1.165, 1.54) is 16.4 Å². The molecule has 128 valence electrons. The van der Waals surface area contributed by atoms with Crippen molar-refractivity contribution in [1.82, 2.24) is 0 Å². The average Bonchev–Trinajstić information content (AvgIpc) is 2.62. The molecular formula is C19H15ClFNO2S. The van der Waals surface area contributed by atoms with Gasteiger partial charge in [-0.2, -0.15) is 0 Å². The lowest BCUT2D eigenvalue weighted by Gasteiger charge is -2.25. The molecule has 0 radical (unpaired) electrons. The van der Waals surface area contributed by atoms with Crippen LogP contribution in [0, 0.1) is 5.82 Å². The molecule has 0 aromatic heterocycles. The Balaban J connectivity index is 2.08. The highest BCUT2D eigenvalue weighted by Gasteiger charge is 2.25. The van der Waals surface area contributed by atoms with Crippen molar-refractivity contribution < 1.29 is 12.8 Å². The van der Waals surface area contributed by atoms with Crippen LogP contribution in [0.25, 0.3) is 0 Å². The molecule has 0 heterocycles. The van der Waals surface area contributed by atoms with Crippen LogP contribution in [-0.2, 0) is 16.6 Å². The summed E-state index contributed by atoms with van der Waals surface area (Å²) in [6.07, 6.45) is 0. The van der Waals surface area contributed by atoms with Gasteiger partial charge < -0.3 is 0 Å². The first-order valence-corrected chi connectivity index (χ1v) is 9.37. The molecule has 3 rings (SSSR count). The molecule has 6 heteroatoms. The maximum Gasteiger partial charge on any atom is 0.264 e. The molecule has 0 aliphatic heterocycles. The zero-order valence-corrected chi connectivity index (χ0v) is 14.7. The Morgan fingerprint density at radius 3 is 2.08 bits per heavy atom. The van der Waals surface area contributed by atoms with Gasteiger partial charge in [-0.15, -0.1) is 0 Å². The van der Waals surface area contributed by atoms with E-state index in [-0.39, 0.29) is 11.4 Å². The number of rotatable bonds is 5. The highest BCUT2D eigenvalue weighted by Crippen LogP contribution is 2.28. The van der Waals surface area contributed by atoms with Gasteiger partial charge in [-0.3, -0.25) is 4.31 Å². The molecule has 3 nitrogen and oxygen atoms in total. The van der Waals surface area contributed by atoms with Crippen molar-refractivity contribution in [3.63, 3.8) is 0 Å². The van der Waals surface area contributed by atoms with E-state index in [0.29, 0.717) is 16.3 Å². The van der Waals surface area contributed by atoms with Crippen molar-refractivity contribution in [1.29, 1.82) is 0 Å². The molecule has 3 aromatic carbocycles. The van der Waals surface area contributed by atoms with Crippen LogP contribution in [0.4, 0.5) is 10.1 Å². The third kappa shape index (κ3) is 3.83. The maximum atomic E-state index is 13.2. The van der Waals surface area contributed by atoms with Gasteiger partial charge in [-0.05, 0) is 48.0 Å². The SMILES string of the molecule is O=S(=O)(c1ccc(F)cc1)N(Cc1ccccc1Cl)c1ccccc1. The van der Waals surface area contributed by atoms with E-state index in [9.17, 15) is 12.8 Å². The van der Waals surface area contributed by atoms with Gasteiger partial charge in [0.15, 0.2) is 0 Å². The summed E-state index contributed by atoms with van der Waals surface area (Å²) in [7, 11) is -3.88. The van der Waals surface area contributed by atoms with Crippen LogP contribution in [0.15, 0.2) is 83.8 Å². The fraction of sp³-hybridized carbons (Fsp3) is 0.0526. The Bertz CT molecular complexity index is 960. The number of anilines is 1. The standard InChI is InChI=1S/C19H15ClFNO2S/c20-19-9-5-4-6-15(19)14-22(17-7-2-1-3-8-17)25(23,24)18-12-10-16(21)11-13-18/h1-13H,14H2. The molecule has 0 N–H and O–H groups in total. The molecule has 0 atom stereocenters. The summed E-state index contributed by atoms with van der Waals surface area (Å²) < 4.78 is 40.7. The van der Waals surface area contributed by atoms with Gasteiger partial charge in [-0.25, -0.2) is 12.8 Å². The van der Waals surface area contributed by atoms with Gasteiger partial charge >= 0.3 is 0 Å². The molecule has 0 unspecified atom stereocenters. The molecule has 0 saturated heterocycles. The molecule has 3 aromatic rings. The zero-order chi connectivity index (χ0) is 17.9. The second-order valence-corrected chi connectivity index (χ2v) is 7.66. The number of para-hydroxylation sites is 1. The summed E-state index contributed by atoms with van der Waals surface area (Å²) in [6.45, 7) is 0.0728. The monoisotopic (exact) mass is 375 g/mol. The van der Waals surface area contributed by atoms with E-state index in [4.69, 9.17) is 11.6 Å². The number of hydrogen-bond acceptors (Lipinski definition) is 2. The molecule has 0 saturated carbocycles. The molecule has 25 heavy (non-hydrogen) atoms. The third-order valence-electron chi connectivity index (χ3n) is 3.72. The lowest BCUT2D eigenvalue weighted by molar-refractivity contribution is 0.589. The number of halogens is 2. The minimum absolute atomic E-state index is 0.0183. The highest BCUT2D eigenvalue weighted by molar-refractivity contribution is 7.92. The van der Waals surface area contributed by atoms with Gasteiger partial charge in [0.05, 0.1) is 17.1 Å². The van der Waals surface area contributed by atoms with Gasteiger partial charge in [-0.1, -0.05) is 48.0 Å². The summed E-state index contributed by atoms with van der Waals surface area (Å²) in [6, 6.07) is 20.6. The van der Waals surface area contributed by atoms with Crippen LogP contribution in [0.1, 0.15) is 5.56 Å². The second kappa shape index (κ2) is 7.25. The van der Waals surface area contributed by atoms with E-state index in [0.717, 1.165) is 12.1 Å². The molecule has 0 aliphatic rings. The largest absolute Gasteiger partial charge is 0.264 e. The molecule has 0 amide bonds. The maximum absolute atomic E-state index is 13.2. The lowest BCUT2D eigenvalue weighted by Crippen LogP contribution is -2.30. The van der Waals surface area contributed by atoms with Crippen LogP contribution in [0.2, 0.25) is 5.02 Å². The smallest absolute Gasteiger partial charge is 0.262 e. The number of benzene rings is 3. The van der Waals surface area contributed by atoms with Crippen molar-refractivity contribution in [2.24, 2.45) is 0 Å². The van der Waals surface area contributed by atoms with E-state index in [1.807, 2.05) is 6.07 Å². The predicted molar refractivity (Wildman–Crippen MR) is 97.7 cm³/mol. The lowest BCUT2D eigenvalue weighted by atomic mass is 10.2. The van der Waals surface area contributed by atoms with Crippen LogP contribution in [0.3, 0.4) is 0 Å². The van der Waals surface area contributed by atoms with E-state index < -0.39 is 15.8 Å². The van der Waals surface area contributed by atoms with Crippen molar-refractivity contribution in [3.05, 3.63) is 95.3 Å². The Morgan fingerprint density at radius 2 is 1.44 bits per heavy atom. The van der Waals surface area contributed by atoms with Crippen LogP contribution in [-0.4, -0.2) is 8.42 Å². The predicted octanol–water partition coefficient (Wildman–Crippen LogP) is 4.87.